The fourth-order valence-corrected chi connectivity index (χ4v) is 3.74. The molecule has 0 spiro atoms. The number of fused-ring (bicyclic) bond motifs is 1. The first-order valence-corrected chi connectivity index (χ1v) is 10.6. The Hall–Kier alpha value is -3.81. The Morgan fingerprint density at radius 1 is 1.24 bits per heavy atom. The van der Waals surface area contributed by atoms with Crippen LogP contribution in [-0.2, 0) is 16.0 Å². The van der Waals surface area contributed by atoms with E-state index in [0.29, 0.717) is 36.7 Å². The normalized spacial score (nSPS) is 14.2. The Morgan fingerprint density at radius 3 is 2.70 bits per heavy atom. The molecule has 1 fully saturated rings. The van der Waals surface area contributed by atoms with Gasteiger partial charge in [-0.15, -0.1) is 0 Å². The highest BCUT2D eigenvalue weighted by atomic mass is 16.5. The van der Waals surface area contributed by atoms with Crippen molar-refractivity contribution >= 4 is 22.7 Å². The zero-order valence-corrected chi connectivity index (χ0v) is 18.2. The lowest BCUT2D eigenvalue weighted by Gasteiger charge is -2.27. The van der Waals surface area contributed by atoms with E-state index in [0.717, 1.165) is 13.1 Å². The van der Waals surface area contributed by atoms with Gasteiger partial charge in [-0.3, -0.25) is 19.2 Å². The summed E-state index contributed by atoms with van der Waals surface area (Å²) < 4.78 is 11.8. The van der Waals surface area contributed by atoms with E-state index < -0.39 is 22.8 Å². The highest BCUT2D eigenvalue weighted by Gasteiger charge is 2.25. The molecule has 3 aromatic heterocycles. The van der Waals surface area contributed by atoms with Crippen LogP contribution in [0.15, 0.2) is 35.4 Å². The number of carbonyl (C=O) groups is 1. The van der Waals surface area contributed by atoms with Gasteiger partial charge >= 0.3 is 5.97 Å². The van der Waals surface area contributed by atoms with Gasteiger partial charge < -0.3 is 14.6 Å². The number of aromatic hydroxyl groups is 1. The summed E-state index contributed by atoms with van der Waals surface area (Å²) in [6, 6.07) is 4.94. The second-order valence-corrected chi connectivity index (χ2v) is 7.46. The number of nitrogens with zero attached hydrogens (tertiary/aromatic N) is 5. The van der Waals surface area contributed by atoms with Gasteiger partial charge in [0.05, 0.1) is 37.5 Å². The maximum atomic E-state index is 13.2. The Morgan fingerprint density at radius 2 is 2.03 bits per heavy atom. The summed E-state index contributed by atoms with van der Waals surface area (Å²) >= 11 is 0. The summed E-state index contributed by atoms with van der Waals surface area (Å²) in [6.07, 6.45) is 3.00. The number of hydrogen-bond acceptors (Lipinski definition) is 8. The third kappa shape index (κ3) is 4.55. The predicted molar refractivity (Wildman–Crippen MR) is 120 cm³/mol. The highest BCUT2D eigenvalue weighted by Crippen LogP contribution is 2.30. The van der Waals surface area contributed by atoms with Crippen LogP contribution in [0.3, 0.4) is 0 Å². The Labute approximate surface area is 189 Å². The van der Waals surface area contributed by atoms with Crippen LogP contribution >= 0.6 is 0 Å². The monoisotopic (exact) mass is 449 g/mol. The van der Waals surface area contributed by atoms with Gasteiger partial charge in [0.1, 0.15) is 11.4 Å². The molecule has 4 heterocycles. The summed E-state index contributed by atoms with van der Waals surface area (Å²) in [5.41, 5.74) is 0.716. The van der Waals surface area contributed by atoms with Crippen LogP contribution in [-0.4, -0.2) is 70.0 Å². The molecule has 0 aromatic carbocycles. The fourth-order valence-electron chi connectivity index (χ4n) is 3.74. The number of carbonyl (C=O) groups excluding carboxylic acids is 1. The number of ether oxygens (including phenoxy) is 2. The van der Waals surface area contributed by atoms with Crippen molar-refractivity contribution in [1.82, 2.24) is 19.4 Å². The quantitative estimate of drug-likeness (QED) is 0.451. The molecule has 0 unspecified atom stereocenters. The maximum absolute atomic E-state index is 13.2. The minimum absolute atomic E-state index is 0.0686. The van der Waals surface area contributed by atoms with Crippen LogP contribution in [0.2, 0.25) is 0 Å². The Balaban J connectivity index is 1.82. The molecule has 170 valence electrons. The average molecular weight is 449 g/mol. The number of esters is 1. The van der Waals surface area contributed by atoms with Gasteiger partial charge in [-0.2, -0.15) is 0 Å². The SMILES string of the molecule is [C-]#[N+]c1ccc(-c2cnc3c(c2)c(O)c(C(=O)OCC)c(=O)n3CCN2CCOCC2)nc1. The lowest BCUT2D eigenvalue weighted by molar-refractivity contribution is 0.0364. The largest absolute Gasteiger partial charge is 0.506 e. The van der Waals surface area contributed by atoms with Crippen molar-refractivity contribution < 1.29 is 19.4 Å². The molecular formula is C23H23N5O5. The van der Waals surface area contributed by atoms with Crippen LogP contribution in [0.25, 0.3) is 27.1 Å². The van der Waals surface area contributed by atoms with E-state index in [1.807, 2.05) is 0 Å². The van der Waals surface area contributed by atoms with E-state index in [-0.39, 0.29) is 24.2 Å². The molecule has 1 N–H and O–H groups in total. The molecule has 3 aromatic rings. The first-order chi connectivity index (χ1) is 16.0. The van der Waals surface area contributed by atoms with Crippen molar-refractivity contribution in [3.8, 4) is 17.0 Å². The van der Waals surface area contributed by atoms with Crippen molar-refractivity contribution in [3.05, 3.63) is 57.9 Å². The van der Waals surface area contributed by atoms with Gasteiger partial charge in [0.2, 0.25) is 5.69 Å². The molecule has 33 heavy (non-hydrogen) atoms. The molecular weight excluding hydrogens is 426 g/mol. The summed E-state index contributed by atoms with van der Waals surface area (Å²) in [5, 5.41) is 11.1. The molecule has 1 aliphatic heterocycles. The molecule has 0 bridgehead atoms. The van der Waals surface area contributed by atoms with Crippen LogP contribution in [0.4, 0.5) is 5.69 Å². The van der Waals surface area contributed by atoms with Crippen LogP contribution in [0.5, 0.6) is 5.75 Å². The zero-order chi connectivity index (χ0) is 23.4. The highest BCUT2D eigenvalue weighted by molar-refractivity contribution is 5.99. The standard InChI is InChI=1S/C23H23N5O5/c1-3-33-23(31)19-20(29)17-12-15(18-5-4-16(24-2)14-25-18)13-26-21(17)28(22(19)30)7-6-27-8-10-32-11-9-27/h4-5,12-14,29H,3,6-11H2,1H3. The lowest BCUT2D eigenvalue weighted by Crippen LogP contribution is -2.40. The lowest BCUT2D eigenvalue weighted by atomic mass is 10.1. The topological polar surface area (TPSA) is 111 Å². The average Bonchev–Trinajstić information content (AvgIpc) is 2.85. The van der Waals surface area contributed by atoms with E-state index in [1.54, 1.807) is 31.3 Å². The number of pyridine rings is 3. The molecule has 0 saturated carbocycles. The number of rotatable bonds is 6. The minimum Gasteiger partial charge on any atom is -0.506 e. The van der Waals surface area contributed by atoms with Crippen molar-refractivity contribution in [2.24, 2.45) is 0 Å². The van der Waals surface area contributed by atoms with Crippen molar-refractivity contribution in [1.29, 1.82) is 0 Å². The van der Waals surface area contributed by atoms with Crippen molar-refractivity contribution in [2.45, 2.75) is 13.5 Å². The number of morpholine rings is 1. The molecule has 0 atom stereocenters. The predicted octanol–water partition coefficient (Wildman–Crippen LogP) is 2.22. The molecule has 1 aliphatic rings. The number of aromatic nitrogens is 3. The smallest absolute Gasteiger partial charge is 0.347 e. The third-order valence-corrected chi connectivity index (χ3v) is 5.47. The molecule has 0 amide bonds. The van der Waals surface area contributed by atoms with Gasteiger partial charge in [0, 0.05) is 44.1 Å². The molecule has 10 heteroatoms. The van der Waals surface area contributed by atoms with Crippen LogP contribution < -0.4 is 5.56 Å². The van der Waals surface area contributed by atoms with Crippen LogP contribution in [0.1, 0.15) is 17.3 Å². The van der Waals surface area contributed by atoms with Gasteiger partial charge in [0.25, 0.3) is 5.56 Å². The van der Waals surface area contributed by atoms with Gasteiger partial charge in [-0.05, 0) is 19.1 Å². The Bertz CT molecular complexity index is 1270. The maximum Gasteiger partial charge on any atom is 0.347 e. The molecule has 1 saturated heterocycles. The second-order valence-electron chi connectivity index (χ2n) is 7.46. The van der Waals surface area contributed by atoms with E-state index in [4.69, 9.17) is 16.0 Å². The summed E-state index contributed by atoms with van der Waals surface area (Å²) in [5.74, 6) is -1.35. The summed E-state index contributed by atoms with van der Waals surface area (Å²) in [6.45, 7) is 12.4. The first-order valence-electron chi connectivity index (χ1n) is 10.6. The third-order valence-electron chi connectivity index (χ3n) is 5.47. The number of hydrogen-bond donors (Lipinski definition) is 1. The minimum atomic E-state index is -0.882. The molecule has 0 radical (unpaired) electrons. The molecule has 0 aliphatic carbocycles. The fraction of sp³-hybridized carbons (Fsp3) is 0.348. The van der Waals surface area contributed by atoms with Gasteiger partial charge in [-0.1, -0.05) is 6.07 Å². The molecule has 10 nitrogen and oxygen atoms in total. The van der Waals surface area contributed by atoms with E-state index in [9.17, 15) is 14.7 Å². The van der Waals surface area contributed by atoms with E-state index in [1.165, 1.54) is 10.8 Å². The second kappa shape index (κ2) is 9.77. The first kappa shape index (κ1) is 22.4. The van der Waals surface area contributed by atoms with E-state index in [2.05, 4.69) is 19.7 Å². The van der Waals surface area contributed by atoms with Gasteiger partial charge in [-0.25, -0.2) is 14.6 Å². The van der Waals surface area contributed by atoms with E-state index >= 15 is 0 Å². The Kier molecular flexibility index (Phi) is 6.63. The zero-order valence-electron chi connectivity index (χ0n) is 18.2. The summed E-state index contributed by atoms with van der Waals surface area (Å²) in [7, 11) is 0. The van der Waals surface area contributed by atoms with Crippen molar-refractivity contribution in [2.75, 3.05) is 39.5 Å². The molecule has 4 rings (SSSR count). The van der Waals surface area contributed by atoms with Gasteiger partial charge in [0.15, 0.2) is 5.56 Å². The van der Waals surface area contributed by atoms with Crippen LogP contribution in [0, 0.1) is 6.57 Å². The van der Waals surface area contributed by atoms with Crippen molar-refractivity contribution in [3.63, 3.8) is 0 Å². The summed E-state index contributed by atoms with van der Waals surface area (Å²) in [4.78, 5) is 39.9.